The minimum absolute atomic E-state index is 0.218. The third kappa shape index (κ3) is 1.51. The number of allylic oxidation sites excluding steroid dienone is 1. The fourth-order valence-corrected chi connectivity index (χ4v) is 0.729. The molecule has 1 rings (SSSR count). The van der Waals surface area contributed by atoms with Gasteiger partial charge < -0.3 is 4.74 Å². The Morgan fingerprint density at radius 3 is 3.20 bits per heavy atom. The van der Waals surface area contributed by atoms with Gasteiger partial charge in [0.2, 0.25) is 0 Å². The van der Waals surface area contributed by atoms with Crippen LogP contribution >= 0.6 is 0 Å². The molecule has 0 aromatic rings. The molecule has 0 saturated carbocycles. The summed E-state index contributed by atoms with van der Waals surface area (Å²) in [5.74, 6) is -0.218. The zero-order valence-electron chi connectivity index (χ0n) is 5.78. The first-order valence-electron chi connectivity index (χ1n) is 3.21. The van der Waals surface area contributed by atoms with Crippen molar-refractivity contribution in [2.24, 2.45) is 4.99 Å². The number of carbonyl (C=O) groups excluding carboxylic acids is 1. The summed E-state index contributed by atoms with van der Waals surface area (Å²) in [4.78, 5) is 14.4. The topological polar surface area (TPSA) is 38.7 Å². The van der Waals surface area contributed by atoms with Gasteiger partial charge in [-0.05, 0) is 19.1 Å². The summed E-state index contributed by atoms with van der Waals surface area (Å²) < 4.78 is 5.04. The number of hydrogen-bond acceptors (Lipinski definition) is 2. The van der Waals surface area contributed by atoms with E-state index >= 15 is 0 Å². The number of ether oxygens (including phenoxy) is 1. The van der Waals surface area contributed by atoms with E-state index in [1.165, 1.54) is 6.21 Å². The maximum atomic E-state index is 10.8. The van der Waals surface area contributed by atoms with Crippen molar-refractivity contribution >= 4 is 12.1 Å². The third-order valence-corrected chi connectivity index (χ3v) is 1.16. The van der Waals surface area contributed by atoms with Crippen LogP contribution in [-0.4, -0.2) is 24.8 Å². The average molecular weight is 139 g/mol. The second-order valence-corrected chi connectivity index (χ2v) is 1.88. The first-order chi connectivity index (χ1) is 4.84. The number of dihydropyridines is 1. The molecule has 0 spiro atoms. The molecule has 0 bridgehead atoms. The van der Waals surface area contributed by atoms with Crippen molar-refractivity contribution in [2.45, 2.75) is 13.0 Å². The summed E-state index contributed by atoms with van der Waals surface area (Å²) in [5, 5.41) is 0. The van der Waals surface area contributed by atoms with Crippen LogP contribution in [-0.2, 0) is 9.53 Å². The van der Waals surface area contributed by atoms with E-state index in [1.54, 1.807) is 12.2 Å². The zero-order valence-corrected chi connectivity index (χ0v) is 5.78. The fraction of sp³-hybridized carbons (Fsp3) is 0.429. The normalized spacial score (nSPS) is 23.7. The van der Waals surface area contributed by atoms with E-state index in [2.05, 4.69) is 4.99 Å². The lowest BCUT2D eigenvalue weighted by Crippen LogP contribution is -2.22. The van der Waals surface area contributed by atoms with Gasteiger partial charge >= 0.3 is 0 Å². The molecule has 0 N–H and O–H groups in total. The maximum absolute atomic E-state index is 10.8. The molecule has 0 aliphatic carbocycles. The molecule has 1 amide bonds. The average Bonchev–Trinajstić information content (AvgIpc) is 1.94. The molecule has 0 aromatic heterocycles. The highest BCUT2D eigenvalue weighted by atomic mass is 16.5. The van der Waals surface area contributed by atoms with Crippen LogP contribution in [0.4, 0.5) is 0 Å². The van der Waals surface area contributed by atoms with Gasteiger partial charge in [0.15, 0.2) is 6.10 Å². The second-order valence-electron chi connectivity index (χ2n) is 1.88. The van der Waals surface area contributed by atoms with Gasteiger partial charge in [0.25, 0.3) is 5.91 Å². The van der Waals surface area contributed by atoms with Crippen LogP contribution in [0.3, 0.4) is 0 Å². The van der Waals surface area contributed by atoms with E-state index in [-0.39, 0.29) is 5.91 Å². The van der Waals surface area contributed by atoms with Crippen molar-refractivity contribution in [1.82, 2.24) is 0 Å². The Bertz CT molecular complexity index is 184. The molecule has 0 radical (unpaired) electrons. The van der Waals surface area contributed by atoms with Gasteiger partial charge in [-0.1, -0.05) is 0 Å². The monoisotopic (exact) mass is 139 g/mol. The van der Waals surface area contributed by atoms with E-state index in [0.29, 0.717) is 6.61 Å². The Hall–Kier alpha value is -0.960. The summed E-state index contributed by atoms with van der Waals surface area (Å²) >= 11 is 0. The number of nitrogens with zero attached hydrogens (tertiary/aromatic N) is 1. The van der Waals surface area contributed by atoms with Gasteiger partial charge in [-0.25, -0.2) is 4.99 Å². The SMILES string of the molecule is CCOC1C=CC=NC1=O. The van der Waals surface area contributed by atoms with Gasteiger partial charge in [0.05, 0.1) is 0 Å². The maximum Gasteiger partial charge on any atom is 0.278 e. The van der Waals surface area contributed by atoms with E-state index in [9.17, 15) is 4.79 Å². The molecule has 1 atom stereocenters. The van der Waals surface area contributed by atoms with E-state index in [1.807, 2.05) is 6.92 Å². The highest BCUT2D eigenvalue weighted by molar-refractivity contribution is 5.95. The number of aliphatic imine (C=N–C) groups is 1. The lowest BCUT2D eigenvalue weighted by molar-refractivity contribution is -0.126. The summed E-state index contributed by atoms with van der Waals surface area (Å²) in [6, 6.07) is 0. The largest absolute Gasteiger partial charge is 0.364 e. The first kappa shape index (κ1) is 7.15. The standard InChI is InChI=1S/C7H9NO2/c1-2-10-6-4-3-5-8-7(6)9/h3-6H,2H2,1H3. The van der Waals surface area contributed by atoms with Crippen molar-refractivity contribution in [3.8, 4) is 0 Å². The lowest BCUT2D eigenvalue weighted by atomic mass is 10.2. The van der Waals surface area contributed by atoms with Gasteiger partial charge in [0, 0.05) is 12.8 Å². The quantitative estimate of drug-likeness (QED) is 0.560. The number of carbonyl (C=O) groups is 1. The molecule has 1 heterocycles. The van der Waals surface area contributed by atoms with E-state index in [4.69, 9.17) is 4.74 Å². The smallest absolute Gasteiger partial charge is 0.278 e. The molecule has 10 heavy (non-hydrogen) atoms. The molecule has 1 aliphatic heterocycles. The molecule has 1 aliphatic rings. The predicted molar refractivity (Wildman–Crippen MR) is 38.1 cm³/mol. The van der Waals surface area contributed by atoms with Crippen LogP contribution in [0.25, 0.3) is 0 Å². The van der Waals surface area contributed by atoms with Crippen molar-refractivity contribution < 1.29 is 9.53 Å². The highest BCUT2D eigenvalue weighted by Gasteiger charge is 2.14. The second kappa shape index (κ2) is 3.27. The van der Waals surface area contributed by atoms with Crippen LogP contribution < -0.4 is 0 Å². The number of rotatable bonds is 2. The minimum atomic E-state index is -0.449. The molecule has 0 saturated heterocycles. The van der Waals surface area contributed by atoms with Crippen LogP contribution in [0.15, 0.2) is 17.1 Å². The van der Waals surface area contributed by atoms with Gasteiger partial charge in [-0.2, -0.15) is 0 Å². The van der Waals surface area contributed by atoms with Crippen LogP contribution in [0.5, 0.6) is 0 Å². The van der Waals surface area contributed by atoms with Crippen molar-refractivity contribution in [3.05, 3.63) is 12.2 Å². The number of amides is 1. The summed E-state index contributed by atoms with van der Waals surface area (Å²) in [6.07, 6.45) is 4.42. The molecular formula is C7H9NO2. The minimum Gasteiger partial charge on any atom is -0.364 e. The lowest BCUT2D eigenvalue weighted by Gasteiger charge is -2.09. The molecule has 0 fully saturated rings. The van der Waals surface area contributed by atoms with Crippen molar-refractivity contribution in [3.63, 3.8) is 0 Å². The fourth-order valence-electron chi connectivity index (χ4n) is 0.729. The van der Waals surface area contributed by atoms with Crippen molar-refractivity contribution in [1.29, 1.82) is 0 Å². The zero-order chi connectivity index (χ0) is 7.40. The van der Waals surface area contributed by atoms with Gasteiger partial charge in [-0.3, -0.25) is 4.79 Å². The van der Waals surface area contributed by atoms with Gasteiger partial charge in [0.1, 0.15) is 0 Å². The number of hydrogen-bond donors (Lipinski definition) is 0. The predicted octanol–water partition coefficient (Wildman–Crippen LogP) is 0.559. The molecular weight excluding hydrogens is 130 g/mol. The van der Waals surface area contributed by atoms with E-state index in [0.717, 1.165) is 0 Å². The highest BCUT2D eigenvalue weighted by Crippen LogP contribution is 2.00. The van der Waals surface area contributed by atoms with Crippen LogP contribution in [0, 0.1) is 0 Å². The Kier molecular flexibility index (Phi) is 2.34. The van der Waals surface area contributed by atoms with E-state index < -0.39 is 6.10 Å². The molecule has 1 unspecified atom stereocenters. The van der Waals surface area contributed by atoms with Crippen LogP contribution in [0.1, 0.15) is 6.92 Å². The summed E-state index contributed by atoms with van der Waals surface area (Å²) in [7, 11) is 0. The molecule has 3 nitrogen and oxygen atoms in total. The third-order valence-electron chi connectivity index (χ3n) is 1.16. The molecule has 0 aromatic carbocycles. The van der Waals surface area contributed by atoms with Crippen LogP contribution in [0.2, 0.25) is 0 Å². The summed E-state index contributed by atoms with van der Waals surface area (Å²) in [6.45, 7) is 2.38. The molecule has 3 heteroatoms. The first-order valence-corrected chi connectivity index (χ1v) is 3.21. The molecule has 54 valence electrons. The Morgan fingerprint density at radius 2 is 2.60 bits per heavy atom. The summed E-state index contributed by atoms with van der Waals surface area (Å²) in [5.41, 5.74) is 0. The van der Waals surface area contributed by atoms with Crippen molar-refractivity contribution in [2.75, 3.05) is 6.61 Å². The Labute approximate surface area is 59.4 Å². The Morgan fingerprint density at radius 1 is 1.80 bits per heavy atom. The Balaban J connectivity index is 2.53. The van der Waals surface area contributed by atoms with Gasteiger partial charge in [-0.15, -0.1) is 0 Å².